The van der Waals surface area contributed by atoms with Crippen LogP contribution < -0.4 is 9.46 Å². The largest absolute Gasteiger partial charge is 0.497 e. The number of fused-ring (bicyclic) bond motifs is 1. The Balaban J connectivity index is 2.00. The summed E-state index contributed by atoms with van der Waals surface area (Å²) in [7, 11) is -2.29. The van der Waals surface area contributed by atoms with Gasteiger partial charge in [0.1, 0.15) is 12.3 Å². The Morgan fingerprint density at radius 1 is 1.15 bits per heavy atom. The first-order valence-corrected chi connectivity index (χ1v) is 9.68. The zero-order valence-corrected chi connectivity index (χ0v) is 16.0. The maximum atomic E-state index is 12.9. The third-order valence-corrected chi connectivity index (χ3v) is 5.96. The van der Waals surface area contributed by atoms with Gasteiger partial charge in [0.05, 0.1) is 23.2 Å². The van der Waals surface area contributed by atoms with Gasteiger partial charge in [0, 0.05) is 6.20 Å². The average molecular weight is 388 g/mol. The van der Waals surface area contributed by atoms with Crippen molar-refractivity contribution in [2.24, 2.45) is 0 Å². The lowest BCUT2D eigenvalue weighted by atomic mass is 10.1. The van der Waals surface area contributed by atoms with Gasteiger partial charge >= 0.3 is 5.97 Å². The maximum absolute atomic E-state index is 12.9. The molecular formula is C19H20N2O5S. The van der Waals surface area contributed by atoms with Crippen molar-refractivity contribution in [2.75, 3.05) is 11.8 Å². The Kier molecular flexibility index (Phi) is 4.84. The van der Waals surface area contributed by atoms with E-state index in [1.807, 2.05) is 0 Å². The summed E-state index contributed by atoms with van der Waals surface area (Å²) in [4.78, 5) is 11.2. The molecule has 1 heterocycles. The van der Waals surface area contributed by atoms with Gasteiger partial charge in [-0.1, -0.05) is 6.07 Å². The van der Waals surface area contributed by atoms with Gasteiger partial charge in [0.2, 0.25) is 0 Å². The van der Waals surface area contributed by atoms with E-state index in [4.69, 9.17) is 9.84 Å². The van der Waals surface area contributed by atoms with Crippen LogP contribution in [-0.4, -0.2) is 31.2 Å². The number of carboxylic acids is 1. The van der Waals surface area contributed by atoms with Gasteiger partial charge in [-0.2, -0.15) is 0 Å². The Morgan fingerprint density at radius 2 is 1.81 bits per heavy atom. The number of rotatable bonds is 6. The smallest absolute Gasteiger partial charge is 0.323 e. The number of benzene rings is 2. The molecule has 0 saturated carbocycles. The molecule has 2 aromatic carbocycles. The zero-order valence-electron chi connectivity index (χ0n) is 15.2. The fourth-order valence-electron chi connectivity index (χ4n) is 3.19. The number of sulfonamides is 1. The first kappa shape index (κ1) is 18.8. The number of carboxylic acid groups (broad SMARTS) is 1. The molecule has 3 aromatic rings. The van der Waals surface area contributed by atoms with E-state index in [1.165, 1.54) is 7.11 Å². The summed E-state index contributed by atoms with van der Waals surface area (Å²) in [6, 6.07) is 10.2. The molecule has 8 heteroatoms. The molecule has 0 unspecified atom stereocenters. The van der Waals surface area contributed by atoms with Gasteiger partial charge in [-0.15, -0.1) is 0 Å². The molecule has 0 saturated heterocycles. The molecule has 0 bridgehead atoms. The van der Waals surface area contributed by atoms with Crippen LogP contribution in [0.5, 0.6) is 5.75 Å². The van der Waals surface area contributed by atoms with Gasteiger partial charge in [0.15, 0.2) is 0 Å². The number of aromatic nitrogens is 1. The number of nitrogens with one attached hydrogen (secondary N) is 1. The molecular weight excluding hydrogens is 368 g/mol. The second-order valence-corrected chi connectivity index (χ2v) is 7.93. The first-order valence-electron chi connectivity index (χ1n) is 8.20. The van der Waals surface area contributed by atoms with Gasteiger partial charge in [-0.25, -0.2) is 8.42 Å². The number of nitrogens with zero attached hydrogens (tertiary/aromatic N) is 1. The third-order valence-electron chi connectivity index (χ3n) is 4.27. The number of anilines is 1. The van der Waals surface area contributed by atoms with Crippen LogP contribution in [0.2, 0.25) is 0 Å². The van der Waals surface area contributed by atoms with Gasteiger partial charge in [-0.3, -0.25) is 9.52 Å². The van der Waals surface area contributed by atoms with Crippen LogP contribution in [0.3, 0.4) is 0 Å². The van der Waals surface area contributed by atoms with Gasteiger partial charge in [0.25, 0.3) is 10.0 Å². The van der Waals surface area contributed by atoms with E-state index in [0.717, 1.165) is 5.39 Å². The Morgan fingerprint density at radius 3 is 2.41 bits per heavy atom. The standard InChI is InChI=1S/C19H20N2O5S/c1-12-8-16(26-3)9-13(2)19(12)27(24,25)20-15-5-4-14-6-7-21(11-18(22)23)17(14)10-15/h4-10,20H,11H2,1-3H3,(H,22,23). The van der Waals surface area contributed by atoms with E-state index >= 15 is 0 Å². The van der Waals surface area contributed by atoms with Crippen LogP contribution in [0.15, 0.2) is 47.5 Å². The Hall–Kier alpha value is -3.00. The quantitative estimate of drug-likeness (QED) is 0.676. The molecule has 27 heavy (non-hydrogen) atoms. The monoisotopic (exact) mass is 388 g/mol. The number of aryl methyl sites for hydroxylation is 2. The van der Waals surface area contributed by atoms with E-state index in [9.17, 15) is 13.2 Å². The zero-order chi connectivity index (χ0) is 19.8. The highest BCUT2D eigenvalue weighted by Gasteiger charge is 2.21. The molecule has 3 rings (SSSR count). The van der Waals surface area contributed by atoms with Crippen molar-refractivity contribution in [3.63, 3.8) is 0 Å². The summed E-state index contributed by atoms with van der Waals surface area (Å²) in [5.74, 6) is -0.375. The maximum Gasteiger partial charge on any atom is 0.323 e. The van der Waals surface area contributed by atoms with Crippen molar-refractivity contribution in [1.29, 1.82) is 0 Å². The molecule has 142 valence electrons. The molecule has 2 N–H and O–H groups in total. The summed E-state index contributed by atoms with van der Waals surface area (Å²) in [5, 5.41) is 9.84. The molecule has 0 spiro atoms. The number of hydrogen-bond donors (Lipinski definition) is 2. The predicted molar refractivity (Wildman–Crippen MR) is 103 cm³/mol. The van der Waals surface area contributed by atoms with E-state index in [0.29, 0.717) is 28.1 Å². The molecule has 0 fully saturated rings. The second-order valence-electron chi connectivity index (χ2n) is 6.31. The summed E-state index contributed by atoms with van der Waals surface area (Å²) in [5.41, 5.74) is 2.16. The molecule has 7 nitrogen and oxygen atoms in total. The highest BCUT2D eigenvalue weighted by Crippen LogP contribution is 2.28. The Labute approximate surface area is 157 Å². The number of ether oxygens (including phenoxy) is 1. The number of aliphatic carboxylic acids is 1. The van der Waals surface area contributed by atoms with Crippen molar-refractivity contribution in [2.45, 2.75) is 25.3 Å². The summed E-state index contributed by atoms with van der Waals surface area (Å²) in [6.07, 6.45) is 1.66. The third kappa shape index (κ3) is 3.75. The van der Waals surface area contributed by atoms with Crippen LogP contribution in [-0.2, 0) is 21.4 Å². The fraction of sp³-hybridized carbons (Fsp3) is 0.211. The summed E-state index contributed by atoms with van der Waals surface area (Å²) in [6.45, 7) is 3.23. The highest BCUT2D eigenvalue weighted by atomic mass is 32.2. The minimum Gasteiger partial charge on any atom is -0.497 e. The minimum atomic E-state index is -3.82. The van der Waals surface area contributed by atoms with E-state index in [-0.39, 0.29) is 11.4 Å². The highest BCUT2D eigenvalue weighted by molar-refractivity contribution is 7.92. The van der Waals surface area contributed by atoms with E-state index in [2.05, 4.69) is 4.72 Å². The van der Waals surface area contributed by atoms with Gasteiger partial charge < -0.3 is 14.4 Å². The lowest BCUT2D eigenvalue weighted by Crippen LogP contribution is -2.16. The van der Waals surface area contributed by atoms with E-state index < -0.39 is 16.0 Å². The van der Waals surface area contributed by atoms with Crippen molar-refractivity contribution in [1.82, 2.24) is 4.57 Å². The van der Waals surface area contributed by atoms with Crippen LogP contribution in [0.25, 0.3) is 10.9 Å². The first-order chi connectivity index (χ1) is 12.7. The number of methoxy groups -OCH3 is 1. The van der Waals surface area contributed by atoms with Crippen LogP contribution in [0.4, 0.5) is 5.69 Å². The van der Waals surface area contributed by atoms with E-state index in [1.54, 1.807) is 61.0 Å². The van der Waals surface area contributed by atoms with Crippen molar-refractivity contribution in [3.05, 3.63) is 53.7 Å². The molecule has 0 amide bonds. The molecule has 0 radical (unpaired) electrons. The van der Waals surface area contributed by atoms with Crippen LogP contribution in [0.1, 0.15) is 11.1 Å². The fourth-order valence-corrected chi connectivity index (χ4v) is 4.69. The average Bonchev–Trinajstić information content (AvgIpc) is 2.95. The Bertz CT molecular complexity index is 1110. The molecule has 0 aliphatic carbocycles. The lowest BCUT2D eigenvalue weighted by molar-refractivity contribution is -0.137. The summed E-state index contributed by atoms with van der Waals surface area (Å²) >= 11 is 0. The van der Waals surface area contributed by atoms with Crippen molar-refractivity contribution < 1.29 is 23.1 Å². The molecule has 0 atom stereocenters. The summed E-state index contributed by atoms with van der Waals surface area (Å²) < 4.78 is 35.2. The number of hydrogen-bond acceptors (Lipinski definition) is 4. The van der Waals surface area contributed by atoms with Crippen LogP contribution in [0, 0.1) is 13.8 Å². The topological polar surface area (TPSA) is 97.6 Å². The van der Waals surface area contributed by atoms with Crippen molar-refractivity contribution >= 4 is 32.6 Å². The normalized spacial score (nSPS) is 11.5. The lowest BCUT2D eigenvalue weighted by Gasteiger charge is -2.14. The molecule has 1 aromatic heterocycles. The van der Waals surface area contributed by atoms with Gasteiger partial charge in [-0.05, 0) is 60.7 Å². The minimum absolute atomic E-state index is 0.198. The molecule has 0 aliphatic rings. The predicted octanol–water partition coefficient (Wildman–Crippen LogP) is 3.15. The number of carbonyl (C=O) groups is 1. The molecule has 0 aliphatic heterocycles. The SMILES string of the molecule is COc1cc(C)c(S(=O)(=O)Nc2ccc3ccn(CC(=O)O)c3c2)c(C)c1. The second kappa shape index (κ2) is 6.96. The van der Waals surface area contributed by atoms with Crippen LogP contribution >= 0.6 is 0 Å². The van der Waals surface area contributed by atoms with Crippen molar-refractivity contribution in [3.8, 4) is 5.75 Å².